The smallest absolute Gasteiger partial charge is 0.255 e. The van der Waals surface area contributed by atoms with E-state index in [1.54, 1.807) is 25.6 Å². The van der Waals surface area contributed by atoms with Crippen LogP contribution in [-0.2, 0) is 10.3 Å². The zero-order valence-corrected chi connectivity index (χ0v) is 18.1. The van der Waals surface area contributed by atoms with Crippen LogP contribution >= 0.6 is 11.3 Å². The van der Waals surface area contributed by atoms with Crippen LogP contribution in [0.1, 0.15) is 31.3 Å². The number of amides is 1. The Morgan fingerprint density at radius 1 is 1.07 bits per heavy atom. The van der Waals surface area contributed by atoms with Crippen molar-refractivity contribution < 1.29 is 14.3 Å². The van der Waals surface area contributed by atoms with E-state index in [0.717, 1.165) is 31.9 Å². The van der Waals surface area contributed by atoms with Gasteiger partial charge in [0.2, 0.25) is 0 Å². The number of thiazole rings is 1. The van der Waals surface area contributed by atoms with Crippen molar-refractivity contribution in [2.45, 2.75) is 26.3 Å². The second kappa shape index (κ2) is 7.19. The number of hydrogen-bond donors (Lipinski definition) is 0. The van der Waals surface area contributed by atoms with Crippen molar-refractivity contribution in [1.82, 2.24) is 9.88 Å². The Morgan fingerprint density at radius 3 is 2.48 bits per heavy atom. The molecule has 3 aromatic rings. The van der Waals surface area contributed by atoms with Crippen molar-refractivity contribution >= 4 is 33.0 Å². The lowest BCUT2D eigenvalue weighted by molar-refractivity contribution is -0.128. The number of hydrogen-bond acceptors (Lipinski definition) is 5. The van der Waals surface area contributed by atoms with Gasteiger partial charge in [-0.15, -0.1) is 11.3 Å². The van der Waals surface area contributed by atoms with Crippen molar-refractivity contribution in [2.75, 3.05) is 20.8 Å². The van der Waals surface area contributed by atoms with E-state index in [-0.39, 0.29) is 5.91 Å². The first-order chi connectivity index (χ1) is 13.9. The number of carbonyl (C=O) groups is 1. The average Bonchev–Trinajstić information content (AvgIpc) is 3.29. The third-order valence-electron chi connectivity index (χ3n) is 5.45. The summed E-state index contributed by atoms with van der Waals surface area (Å²) in [5, 5.41) is 0.938. The minimum absolute atomic E-state index is 0.0129. The molecule has 1 aliphatic rings. The summed E-state index contributed by atoms with van der Waals surface area (Å²) in [6.45, 7) is 6.71. The molecule has 0 aliphatic carbocycles. The van der Waals surface area contributed by atoms with Crippen molar-refractivity contribution in [1.29, 1.82) is 0 Å². The van der Waals surface area contributed by atoms with Crippen LogP contribution in [0.2, 0.25) is 0 Å². The highest BCUT2D eigenvalue weighted by Crippen LogP contribution is 2.41. The molecule has 2 heterocycles. The molecule has 0 bridgehead atoms. The van der Waals surface area contributed by atoms with Crippen molar-refractivity contribution in [3.8, 4) is 11.5 Å². The van der Waals surface area contributed by atoms with Gasteiger partial charge in [0.05, 0.1) is 30.0 Å². The second-order valence-electron chi connectivity index (χ2n) is 7.66. The fourth-order valence-electron chi connectivity index (χ4n) is 3.77. The van der Waals surface area contributed by atoms with E-state index in [1.165, 1.54) is 0 Å². The van der Waals surface area contributed by atoms with Gasteiger partial charge in [0.1, 0.15) is 5.01 Å². The van der Waals surface area contributed by atoms with Crippen LogP contribution in [0.25, 0.3) is 15.8 Å². The maximum absolute atomic E-state index is 13.5. The van der Waals surface area contributed by atoms with Gasteiger partial charge in [-0.3, -0.25) is 4.79 Å². The van der Waals surface area contributed by atoms with E-state index in [4.69, 9.17) is 14.5 Å². The van der Waals surface area contributed by atoms with E-state index in [2.05, 4.69) is 19.9 Å². The Morgan fingerprint density at radius 2 is 1.79 bits per heavy atom. The van der Waals surface area contributed by atoms with Crippen molar-refractivity contribution in [3.05, 3.63) is 58.6 Å². The van der Waals surface area contributed by atoms with Crippen LogP contribution < -0.4 is 9.47 Å². The first kappa shape index (κ1) is 19.5. The van der Waals surface area contributed by atoms with Crippen LogP contribution in [0.4, 0.5) is 0 Å². The number of para-hydroxylation sites is 1. The molecule has 1 aromatic heterocycles. The molecule has 6 heteroatoms. The second-order valence-corrected chi connectivity index (χ2v) is 8.69. The fraction of sp³-hybridized carbons (Fsp3) is 0.304. The summed E-state index contributed by atoms with van der Waals surface area (Å²) in [4.78, 5) is 20.2. The molecular formula is C23H24N2O3S. The third kappa shape index (κ3) is 3.17. The number of aromatic nitrogens is 1. The zero-order chi connectivity index (χ0) is 20.8. The molecule has 2 aromatic carbocycles. The summed E-state index contributed by atoms with van der Waals surface area (Å²) >= 11 is 1.64. The Bertz CT molecular complexity index is 1100. The molecule has 0 spiro atoms. The van der Waals surface area contributed by atoms with Gasteiger partial charge in [0.25, 0.3) is 5.91 Å². The highest BCUT2D eigenvalue weighted by molar-refractivity contribution is 7.18. The van der Waals surface area contributed by atoms with E-state index in [0.29, 0.717) is 18.0 Å². The van der Waals surface area contributed by atoms with E-state index in [9.17, 15) is 4.79 Å². The van der Waals surface area contributed by atoms with Gasteiger partial charge in [0, 0.05) is 12.1 Å². The van der Waals surface area contributed by atoms with Gasteiger partial charge in [-0.25, -0.2) is 4.98 Å². The van der Waals surface area contributed by atoms with Crippen molar-refractivity contribution in [2.24, 2.45) is 0 Å². The molecule has 5 nitrogen and oxygen atoms in total. The predicted molar refractivity (Wildman–Crippen MR) is 116 cm³/mol. The predicted octanol–water partition coefficient (Wildman–Crippen LogP) is 4.86. The van der Waals surface area contributed by atoms with Gasteiger partial charge in [-0.1, -0.05) is 18.2 Å². The molecular weight excluding hydrogens is 384 g/mol. The van der Waals surface area contributed by atoms with Gasteiger partial charge >= 0.3 is 0 Å². The quantitative estimate of drug-likeness (QED) is 0.605. The number of methoxy groups -OCH3 is 2. The molecule has 150 valence electrons. The number of nitrogens with zero attached hydrogens (tertiary/aromatic N) is 2. The number of benzene rings is 2. The van der Waals surface area contributed by atoms with E-state index >= 15 is 0 Å². The number of carbonyl (C=O) groups excluding carboxylic acids is 1. The topological polar surface area (TPSA) is 51.7 Å². The first-order valence-electron chi connectivity index (χ1n) is 9.47. The summed E-state index contributed by atoms with van der Waals surface area (Å²) in [6, 6.07) is 13.7. The first-order valence-corrected chi connectivity index (χ1v) is 10.3. The Labute approximate surface area is 174 Å². The molecule has 29 heavy (non-hydrogen) atoms. The van der Waals surface area contributed by atoms with Gasteiger partial charge in [-0.2, -0.15) is 0 Å². The lowest BCUT2D eigenvalue weighted by atomic mass is 10.0. The molecule has 0 N–H and O–H groups in total. The van der Waals surface area contributed by atoms with Crippen LogP contribution in [0.5, 0.6) is 11.5 Å². The van der Waals surface area contributed by atoms with E-state index in [1.807, 2.05) is 48.2 Å². The fourth-order valence-corrected chi connectivity index (χ4v) is 4.85. The molecule has 0 unspecified atom stereocenters. The summed E-state index contributed by atoms with van der Waals surface area (Å²) < 4.78 is 11.9. The number of fused-ring (bicyclic) bond motifs is 1. The molecule has 1 amide bonds. The Balaban J connectivity index is 1.69. The molecule has 0 saturated heterocycles. The van der Waals surface area contributed by atoms with Gasteiger partial charge in [0.15, 0.2) is 11.5 Å². The van der Waals surface area contributed by atoms with Gasteiger partial charge < -0.3 is 14.4 Å². The molecule has 0 radical (unpaired) electrons. The normalized spacial score (nSPS) is 14.8. The highest BCUT2D eigenvalue weighted by Gasteiger charge is 2.41. The largest absolute Gasteiger partial charge is 0.493 e. The Kier molecular flexibility index (Phi) is 4.82. The highest BCUT2D eigenvalue weighted by atomic mass is 32.1. The van der Waals surface area contributed by atoms with Crippen LogP contribution in [0, 0.1) is 0 Å². The summed E-state index contributed by atoms with van der Waals surface area (Å²) in [7, 11) is 3.20. The summed E-state index contributed by atoms with van der Waals surface area (Å²) in [5.74, 6) is 1.27. The molecule has 0 saturated carbocycles. The van der Waals surface area contributed by atoms with Crippen LogP contribution in [0.3, 0.4) is 0 Å². The molecule has 0 fully saturated rings. The average molecular weight is 409 g/mol. The summed E-state index contributed by atoms with van der Waals surface area (Å²) in [6.07, 6.45) is 0. The molecule has 0 atom stereocenters. The lowest BCUT2D eigenvalue weighted by Crippen LogP contribution is -2.43. The number of rotatable bonds is 5. The van der Waals surface area contributed by atoms with Gasteiger partial charge in [-0.05, 0) is 56.2 Å². The maximum atomic E-state index is 13.5. The van der Waals surface area contributed by atoms with E-state index < -0.39 is 5.54 Å². The zero-order valence-electron chi connectivity index (χ0n) is 17.3. The monoisotopic (exact) mass is 408 g/mol. The standard InChI is InChI=1S/C23H24N2O3S/c1-14-13-25(23(2,3)22-24-16-8-6-7-9-19(16)29-22)21(26)20(14)15-10-11-17(27-4)18(12-15)28-5/h6-12H,13H2,1-5H3. The van der Waals surface area contributed by atoms with Crippen molar-refractivity contribution in [3.63, 3.8) is 0 Å². The van der Waals surface area contributed by atoms with Crippen LogP contribution in [0.15, 0.2) is 48.0 Å². The lowest BCUT2D eigenvalue weighted by Gasteiger charge is -2.34. The Hall–Kier alpha value is -2.86. The number of ether oxygens (including phenoxy) is 2. The minimum atomic E-state index is -0.514. The molecule has 4 rings (SSSR count). The third-order valence-corrected chi connectivity index (χ3v) is 6.79. The SMILES string of the molecule is COc1ccc(C2=C(C)CN(C(C)(C)c3nc4ccccc4s3)C2=O)cc1OC. The maximum Gasteiger partial charge on any atom is 0.255 e. The molecule has 1 aliphatic heterocycles. The minimum Gasteiger partial charge on any atom is -0.493 e. The summed E-state index contributed by atoms with van der Waals surface area (Å²) in [5.41, 5.74) is 3.06. The van der Waals surface area contributed by atoms with Crippen LogP contribution in [-0.4, -0.2) is 36.6 Å².